The molecule has 2 fully saturated rings. The van der Waals surface area contributed by atoms with Crippen molar-refractivity contribution in [3.63, 3.8) is 0 Å². The fourth-order valence-corrected chi connectivity index (χ4v) is 3.56. The molecule has 0 saturated heterocycles. The van der Waals surface area contributed by atoms with Gasteiger partial charge in [-0.2, -0.15) is 0 Å². The van der Waals surface area contributed by atoms with Gasteiger partial charge < -0.3 is 20.3 Å². The molecule has 0 aromatic carbocycles. The fourth-order valence-electron chi connectivity index (χ4n) is 3.56. The Bertz CT molecular complexity index is 462. The van der Waals surface area contributed by atoms with Gasteiger partial charge >= 0.3 is 0 Å². The van der Waals surface area contributed by atoms with Gasteiger partial charge in [0.25, 0.3) is 0 Å². The first-order valence-corrected chi connectivity index (χ1v) is 9.15. The van der Waals surface area contributed by atoms with E-state index in [0.29, 0.717) is 12.1 Å². The normalized spacial score (nSPS) is 26.2. The lowest BCUT2D eigenvalue weighted by atomic mass is 9.64. The number of nitrogens with one attached hydrogen (secondary N) is 2. The Kier molecular flexibility index (Phi) is 8.94. The van der Waals surface area contributed by atoms with E-state index in [1.165, 1.54) is 32.1 Å². The van der Waals surface area contributed by atoms with Crippen molar-refractivity contribution in [1.29, 1.82) is 0 Å². The molecule has 2 aliphatic carbocycles. The number of guanidine groups is 1. The molecule has 0 aromatic rings. The Morgan fingerprint density at radius 3 is 2.36 bits per heavy atom. The van der Waals surface area contributed by atoms with E-state index in [0.717, 1.165) is 12.4 Å². The second kappa shape index (κ2) is 9.94. The van der Waals surface area contributed by atoms with Gasteiger partial charge in [-0.1, -0.05) is 33.1 Å². The summed E-state index contributed by atoms with van der Waals surface area (Å²) in [6, 6.07) is 0.771. The highest BCUT2D eigenvalue weighted by Crippen LogP contribution is 2.42. The minimum Gasteiger partial charge on any atom is -0.381 e. The number of hydrogen-bond acceptors (Lipinski definition) is 3. The molecule has 2 saturated carbocycles. The predicted molar refractivity (Wildman–Crippen MR) is 113 cm³/mol. The molecular weight excluding hydrogens is 431 g/mol. The summed E-state index contributed by atoms with van der Waals surface area (Å²) in [4.78, 5) is 18.0. The van der Waals surface area contributed by atoms with Crippen LogP contribution in [0.4, 0.5) is 0 Å². The first-order valence-electron chi connectivity index (χ1n) is 9.15. The molecule has 0 bridgehead atoms. The molecule has 25 heavy (non-hydrogen) atoms. The summed E-state index contributed by atoms with van der Waals surface area (Å²) in [6.07, 6.45) is 7.45. The number of carbonyl (C=O) groups is 1. The zero-order valence-corrected chi connectivity index (χ0v) is 18.6. The monoisotopic (exact) mass is 466 g/mol. The zero-order chi connectivity index (χ0) is 17.7. The maximum atomic E-state index is 11.9. The zero-order valence-electron chi connectivity index (χ0n) is 16.3. The van der Waals surface area contributed by atoms with Crippen LogP contribution in [-0.2, 0) is 9.53 Å². The van der Waals surface area contributed by atoms with Crippen LogP contribution in [0, 0.1) is 5.41 Å². The first kappa shape index (κ1) is 22.5. The third-order valence-corrected chi connectivity index (χ3v) is 5.59. The topological polar surface area (TPSA) is 66.0 Å². The first-order chi connectivity index (χ1) is 11.3. The lowest BCUT2D eigenvalue weighted by molar-refractivity contribution is -0.127. The second-order valence-corrected chi connectivity index (χ2v) is 7.91. The molecule has 0 radical (unpaired) electrons. The van der Waals surface area contributed by atoms with E-state index in [2.05, 4.69) is 29.5 Å². The Balaban J connectivity index is 0.00000312. The third-order valence-electron chi connectivity index (χ3n) is 5.59. The minimum atomic E-state index is 0. The predicted octanol–water partition coefficient (Wildman–Crippen LogP) is 2.37. The van der Waals surface area contributed by atoms with Crippen LogP contribution in [0.25, 0.3) is 0 Å². The SMILES string of the molecule is COC1CC(NC(=NCC(=O)N(C)C)NC2CCCCC2)C1(C)C.I. The van der Waals surface area contributed by atoms with Crippen molar-refractivity contribution < 1.29 is 9.53 Å². The number of aliphatic imine (C=N–C) groups is 1. The lowest BCUT2D eigenvalue weighted by Gasteiger charge is -2.51. The number of amides is 1. The Morgan fingerprint density at radius 1 is 1.20 bits per heavy atom. The van der Waals surface area contributed by atoms with Gasteiger partial charge in [-0.05, 0) is 19.3 Å². The van der Waals surface area contributed by atoms with Gasteiger partial charge in [0, 0.05) is 38.7 Å². The number of methoxy groups -OCH3 is 1. The molecule has 0 aromatic heterocycles. The van der Waals surface area contributed by atoms with Crippen molar-refractivity contribution in [2.75, 3.05) is 27.7 Å². The van der Waals surface area contributed by atoms with Crippen molar-refractivity contribution in [3.05, 3.63) is 0 Å². The molecule has 2 N–H and O–H groups in total. The fraction of sp³-hybridized carbons (Fsp3) is 0.889. The van der Waals surface area contributed by atoms with E-state index in [-0.39, 0.29) is 47.9 Å². The average Bonchev–Trinajstić information content (AvgIpc) is 2.56. The molecule has 1 amide bonds. The lowest BCUT2D eigenvalue weighted by Crippen LogP contribution is -2.64. The number of ether oxygens (including phenoxy) is 1. The van der Waals surface area contributed by atoms with E-state index < -0.39 is 0 Å². The summed E-state index contributed by atoms with van der Waals surface area (Å²) >= 11 is 0. The maximum absolute atomic E-state index is 11.9. The molecule has 0 spiro atoms. The number of nitrogens with zero attached hydrogens (tertiary/aromatic N) is 2. The van der Waals surface area contributed by atoms with E-state index in [1.54, 1.807) is 26.1 Å². The number of halogens is 1. The molecule has 7 heteroatoms. The molecule has 2 atom stereocenters. The van der Waals surface area contributed by atoms with Crippen LogP contribution in [0.15, 0.2) is 4.99 Å². The summed E-state index contributed by atoms with van der Waals surface area (Å²) in [7, 11) is 5.29. The van der Waals surface area contributed by atoms with Crippen LogP contribution < -0.4 is 10.6 Å². The van der Waals surface area contributed by atoms with Crippen molar-refractivity contribution in [2.45, 2.75) is 70.6 Å². The van der Waals surface area contributed by atoms with Crippen molar-refractivity contribution in [1.82, 2.24) is 15.5 Å². The highest BCUT2D eigenvalue weighted by atomic mass is 127. The quantitative estimate of drug-likeness (QED) is 0.371. The summed E-state index contributed by atoms with van der Waals surface area (Å²) in [6.45, 7) is 4.60. The number of likely N-dealkylation sites (N-methyl/N-ethyl adjacent to an activating group) is 1. The van der Waals surface area contributed by atoms with Gasteiger partial charge in [-0.3, -0.25) is 4.79 Å². The summed E-state index contributed by atoms with van der Waals surface area (Å²) in [5, 5.41) is 7.09. The molecule has 2 rings (SSSR count). The molecule has 0 aliphatic heterocycles. The van der Waals surface area contributed by atoms with E-state index in [9.17, 15) is 4.79 Å². The second-order valence-electron chi connectivity index (χ2n) is 7.91. The number of carbonyl (C=O) groups excluding carboxylic acids is 1. The summed E-state index contributed by atoms with van der Waals surface area (Å²) in [5.41, 5.74) is 0.0648. The van der Waals surface area contributed by atoms with Gasteiger partial charge in [0.05, 0.1) is 6.10 Å². The minimum absolute atomic E-state index is 0. The standard InChI is InChI=1S/C18H34N4O2.HI/c1-18(2)14(11-15(18)24-5)21-17(19-12-16(23)22(3)4)20-13-9-7-6-8-10-13;/h13-15H,6-12H2,1-5H3,(H2,19,20,21);1H. The smallest absolute Gasteiger partial charge is 0.243 e. The van der Waals surface area contributed by atoms with E-state index in [4.69, 9.17) is 4.74 Å². The molecule has 146 valence electrons. The molecule has 0 heterocycles. The average molecular weight is 466 g/mol. The van der Waals surface area contributed by atoms with Gasteiger partial charge in [0.15, 0.2) is 5.96 Å². The van der Waals surface area contributed by atoms with Crippen LogP contribution >= 0.6 is 24.0 Å². The van der Waals surface area contributed by atoms with Gasteiger partial charge in [0.2, 0.25) is 5.91 Å². The van der Waals surface area contributed by atoms with Gasteiger partial charge in [-0.15, -0.1) is 24.0 Å². The Hall–Kier alpha value is -0.570. The van der Waals surface area contributed by atoms with Crippen LogP contribution in [0.1, 0.15) is 52.4 Å². The van der Waals surface area contributed by atoms with Crippen molar-refractivity contribution >= 4 is 35.8 Å². The largest absolute Gasteiger partial charge is 0.381 e. The molecular formula is C18H35IN4O2. The number of rotatable bonds is 5. The number of hydrogen-bond donors (Lipinski definition) is 2. The van der Waals surface area contributed by atoms with Crippen LogP contribution in [0.2, 0.25) is 0 Å². The van der Waals surface area contributed by atoms with Crippen molar-refractivity contribution in [2.24, 2.45) is 10.4 Å². The Morgan fingerprint density at radius 2 is 1.84 bits per heavy atom. The van der Waals surface area contributed by atoms with Crippen molar-refractivity contribution in [3.8, 4) is 0 Å². The van der Waals surface area contributed by atoms with Gasteiger partial charge in [0.1, 0.15) is 6.54 Å². The summed E-state index contributed by atoms with van der Waals surface area (Å²) < 4.78 is 5.53. The Labute approximate surface area is 169 Å². The van der Waals surface area contributed by atoms with Gasteiger partial charge in [-0.25, -0.2) is 4.99 Å². The highest BCUT2D eigenvalue weighted by molar-refractivity contribution is 14.0. The van der Waals surface area contributed by atoms with E-state index in [1.807, 2.05) is 0 Å². The highest BCUT2D eigenvalue weighted by Gasteiger charge is 2.49. The third kappa shape index (κ3) is 5.98. The maximum Gasteiger partial charge on any atom is 0.243 e. The van der Waals surface area contributed by atoms with Crippen LogP contribution in [-0.4, -0.2) is 62.7 Å². The molecule has 2 aliphatic rings. The van der Waals surface area contributed by atoms with Crippen LogP contribution in [0.3, 0.4) is 0 Å². The molecule has 6 nitrogen and oxygen atoms in total. The van der Waals surface area contributed by atoms with Crippen LogP contribution in [0.5, 0.6) is 0 Å². The van der Waals surface area contributed by atoms with E-state index >= 15 is 0 Å². The molecule has 2 unspecified atom stereocenters. The summed E-state index contributed by atoms with van der Waals surface area (Å²) in [5.74, 6) is 0.784.